The molecule has 98 valence electrons. The van der Waals surface area contributed by atoms with Crippen molar-refractivity contribution in [2.45, 2.75) is 44.6 Å². The molecule has 1 heterocycles. The third kappa shape index (κ3) is 1.69. The Bertz CT molecular complexity index is 419. The summed E-state index contributed by atoms with van der Waals surface area (Å²) >= 11 is 0. The van der Waals surface area contributed by atoms with Crippen LogP contribution in [0.3, 0.4) is 0 Å². The first-order valence-electron chi connectivity index (χ1n) is 6.75. The predicted molar refractivity (Wildman–Crippen MR) is 68.8 cm³/mol. The number of amides is 1. The second-order valence-electron chi connectivity index (χ2n) is 5.73. The van der Waals surface area contributed by atoms with Crippen molar-refractivity contribution < 1.29 is 4.79 Å². The van der Waals surface area contributed by atoms with Gasteiger partial charge in [0.1, 0.15) is 5.84 Å². The molecule has 0 radical (unpaired) electrons. The number of rotatable bonds is 1. The first-order chi connectivity index (χ1) is 8.66. The van der Waals surface area contributed by atoms with Gasteiger partial charge in [0.2, 0.25) is 5.91 Å². The van der Waals surface area contributed by atoms with Gasteiger partial charge in [-0.1, -0.05) is 12.8 Å². The average Bonchev–Trinajstić information content (AvgIpc) is 2.99. The summed E-state index contributed by atoms with van der Waals surface area (Å²) in [4.78, 5) is 14.3. The van der Waals surface area contributed by atoms with Crippen LogP contribution in [0.15, 0.2) is 11.9 Å². The number of nitrogens with two attached hydrogens (primary N) is 1. The molecule has 1 aliphatic heterocycles. The lowest BCUT2D eigenvalue weighted by molar-refractivity contribution is -0.125. The van der Waals surface area contributed by atoms with Crippen LogP contribution < -0.4 is 11.1 Å². The second kappa shape index (κ2) is 4.00. The lowest BCUT2D eigenvalue weighted by Gasteiger charge is -2.31. The number of hydrogen-bond acceptors (Lipinski definition) is 3. The van der Waals surface area contributed by atoms with Gasteiger partial charge in [-0.15, -0.1) is 0 Å². The summed E-state index contributed by atoms with van der Waals surface area (Å²) in [5, 5.41) is 11.1. The molecule has 1 amide bonds. The van der Waals surface area contributed by atoms with Crippen molar-refractivity contribution >= 4 is 11.7 Å². The average molecular weight is 248 g/mol. The number of nitrogens with zero attached hydrogens (tertiary/aromatic N) is 1. The van der Waals surface area contributed by atoms with Crippen molar-refractivity contribution in [3.8, 4) is 0 Å². The fraction of sp³-hybridized carbons (Fsp3) is 0.692. The van der Waals surface area contributed by atoms with Crippen LogP contribution in [0.1, 0.15) is 38.5 Å². The Hall–Kier alpha value is -1.52. The molecule has 0 aromatic carbocycles. The molecule has 3 rings (SSSR count). The molecular weight excluding hydrogens is 228 g/mol. The standard InChI is InChI=1S/C13H20N4O/c14-7-10-11(15)17(9-3-1-2-4-9)8-13(5-6-13)12(18)16-10/h7,9,15H,1-6,8,14H2,(H,16,18)/b10-7+,15-11?. The molecule has 1 saturated heterocycles. The van der Waals surface area contributed by atoms with Gasteiger partial charge in [0.15, 0.2) is 0 Å². The van der Waals surface area contributed by atoms with Crippen LogP contribution in [-0.4, -0.2) is 29.2 Å². The zero-order valence-electron chi connectivity index (χ0n) is 10.5. The highest BCUT2D eigenvalue weighted by molar-refractivity contribution is 6.03. The number of nitrogens with one attached hydrogen (secondary N) is 2. The zero-order chi connectivity index (χ0) is 12.8. The molecule has 0 aromatic heterocycles. The van der Waals surface area contributed by atoms with E-state index in [0.717, 1.165) is 25.7 Å². The minimum atomic E-state index is -0.250. The SMILES string of the molecule is N=C1/C(=C\N)NC(=O)C2(CC2)CN1C1CCCC1. The summed E-state index contributed by atoms with van der Waals surface area (Å²) in [6, 6.07) is 0.414. The molecule has 3 fully saturated rings. The van der Waals surface area contributed by atoms with E-state index in [9.17, 15) is 4.79 Å². The van der Waals surface area contributed by atoms with Crippen LogP contribution in [0, 0.1) is 10.8 Å². The second-order valence-corrected chi connectivity index (χ2v) is 5.73. The van der Waals surface area contributed by atoms with E-state index in [1.807, 2.05) is 0 Å². The van der Waals surface area contributed by atoms with E-state index in [-0.39, 0.29) is 11.3 Å². The van der Waals surface area contributed by atoms with Crippen LogP contribution in [0.2, 0.25) is 0 Å². The van der Waals surface area contributed by atoms with E-state index in [4.69, 9.17) is 11.1 Å². The molecular formula is C13H20N4O. The van der Waals surface area contributed by atoms with Crippen LogP contribution in [0.5, 0.6) is 0 Å². The summed E-state index contributed by atoms with van der Waals surface area (Å²) in [6.07, 6.45) is 7.94. The van der Waals surface area contributed by atoms with E-state index in [1.54, 1.807) is 0 Å². The Morgan fingerprint density at radius 1 is 1.39 bits per heavy atom. The quantitative estimate of drug-likeness (QED) is 0.645. The molecule has 0 atom stereocenters. The van der Waals surface area contributed by atoms with Crippen molar-refractivity contribution in [3.05, 3.63) is 11.9 Å². The first-order valence-corrected chi connectivity index (χ1v) is 6.75. The van der Waals surface area contributed by atoms with Crippen molar-refractivity contribution in [2.75, 3.05) is 6.54 Å². The Morgan fingerprint density at radius 2 is 2.06 bits per heavy atom. The van der Waals surface area contributed by atoms with E-state index >= 15 is 0 Å². The van der Waals surface area contributed by atoms with Crippen LogP contribution in [-0.2, 0) is 4.79 Å². The van der Waals surface area contributed by atoms with Gasteiger partial charge >= 0.3 is 0 Å². The van der Waals surface area contributed by atoms with Crippen molar-refractivity contribution in [2.24, 2.45) is 11.1 Å². The first kappa shape index (κ1) is 11.6. The van der Waals surface area contributed by atoms with Gasteiger partial charge in [-0.2, -0.15) is 0 Å². The number of carbonyl (C=O) groups excluding carboxylic acids is 1. The Labute approximate surface area is 107 Å². The summed E-state index contributed by atoms with van der Waals surface area (Å²) in [5.74, 6) is 0.436. The molecule has 18 heavy (non-hydrogen) atoms. The minimum Gasteiger partial charge on any atom is -0.403 e. The normalized spacial score (nSPS) is 29.8. The van der Waals surface area contributed by atoms with Gasteiger partial charge in [0, 0.05) is 18.8 Å². The fourth-order valence-electron chi connectivity index (χ4n) is 3.13. The molecule has 1 spiro atoms. The van der Waals surface area contributed by atoms with Crippen molar-refractivity contribution in [1.82, 2.24) is 10.2 Å². The summed E-state index contributed by atoms with van der Waals surface area (Å²) in [5.41, 5.74) is 5.77. The molecule has 0 unspecified atom stereocenters. The van der Waals surface area contributed by atoms with Gasteiger partial charge in [0.05, 0.1) is 11.1 Å². The van der Waals surface area contributed by atoms with E-state index in [0.29, 0.717) is 24.1 Å². The Morgan fingerprint density at radius 3 is 2.61 bits per heavy atom. The highest BCUT2D eigenvalue weighted by atomic mass is 16.2. The maximum atomic E-state index is 12.1. The third-order valence-corrected chi connectivity index (χ3v) is 4.53. The van der Waals surface area contributed by atoms with Gasteiger partial charge in [-0.05, 0) is 25.7 Å². The van der Waals surface area contributed by atoms with Gasteiger partial charge in [-0.25, -0.2) is 0 Å². The highest BCUT2D eigenvalue weighted by Gasteiger charge is 2.54. The topological polar surface area (TPSA) is 82.2 Å². The molecule has 4 N–H and O–H groups in total. The third-order valence-electron chi connectivity index (χ3n) is 4.53. The minimum absolute atomic E-state index is 0.0458. The monoisotopic (exact) mass is 248 g/mol. The summed E-state index contributed by atoms with van der Waals surface area (Å²) < 4.78 is 0. The van der Waals surface area contributed by atoms with Gasteiger partial charge in [-0.3, -0.25) is 10.2 Å². The lowest BCUT2D eigenvalue weighted by Crippen LogP contribution is -2.42. The Kier molecular flexibility index (Phi) is 2.57. The molecule has 0 aromatic rings. The van der Waals surface area contributed by atoms with Crippen LogP contribution in [0.25, 0.3) is 0 Å². The largest absolute Gasteiger partial charge is 0.403 e. The number of hydrogen-bond donors (Lipinski definition) is 3. The summed E-state index contributed by atoms with van der Waals surface area (Å²) in [7, 11) is 0. The zero-order valence-corrected chi connectivity index (χ0v) is 10.5. The summed E-state index contributed by atoms with van der Waals surface area (Å²) in [6.45, 7) is 0.694. The molecule has 3 aliphatic rings. The fourth-order valence-corrected chi connectivity index (χ4v) is 3.13. The Balaban J connectivity index is 1.90. The molecule has 0 bridgehead atoms. The number of carbonyl (C=O) groups is 1. The van der Waals surface area contributed by atoms with Crippen LogP contribution >= 0.6 is 0 Å². The molecule has 5 nitrogen and oxygen atoms in total. The molecule has 2 saturated carbocycles. The van der Waals surface area contributed by atoms with Gasteiger partial charge in [0.25, 0.3) is 0 Å². The van der Waals surface area contributed by atoms with E-state index in [2.05, 4.69) is 10.2 Å². The highest BCUT2D eigenvalue weighted by Crippen LogP contribution is 2.48. The van der Waals surface area contributed by atoms with E-state index in [1.165, 1.54) is 19.0 Å². The van der Waals surface area contributed by atoms with Gasteiger partial charge < -0.3 is 16.0 Å². The lowest BCUT2D eigenvalue weighted by atomic mass is 10.0. The smallest absolute Gasteiger partial charge is 0.232 e. The van der Waals surface area contributed by atoms with Crippen molar-refractivity contribution in [1.29, 1.82) is 5.41 Å². The van der Waals surface area contributed by atoms with E-state index < -0.39 is 0 Å². The predicted octanol–water partition coefficient (Wildman–Crippen LogP) is 0.918. The molecule has 5 heteroatoms. The molecule has 2 aliphatic carbocycles. The maximum absolute atomic E-state index is 12.1. The number of amidine groups is 1. The maximum Gasteiger partial charge on any atom is 0.232 e. The van der Waals surface area contributed by atoms with Crippen LogP contribution in [0.4, 0.5) is 0 Å². The van der Waals surface area contributed by atoms with Crippen molar-refractivity contribution in [3.63, 3.8) is 0 Å².